The van der Waals surface area contributed by atoms with Crippen molar-refractivity contribution in [3.63, 3.8) is 0 Å². The Balaban J connectivity index is 1.53. The van der Waals surface area contributed by atoms with Crippen LogP contribution >= 0.6 is 0 Å². The Morgan fingerprint density at radius 1 is 1.37 bits per heavy atom. The van der Waals surface area contributed by atoms with Gasteiger partial charge in [0.15, 0.2) is 6.10 Å². The number of anilines is 1. The molecule has 1 N–H and O–H groups in total. The molecule has 4 heterocycles. The molecule has 1 atom stereocenters. The number of alkyl halides is 1. The zero-order chi connectivity index (χ0) is 18.9. The average molecular weight is 373 g/mol. The number of likely N-dealkylation sites (tertiary alicyclic amines) is 1. The molecule has 4 rings (SSSR count). The van der Waals surface area contributed by atoms with Gasteiger partial charge in [-0.05, 0) is 31.9 Å². The summed E-state index contributed by atoms with van der Waals surface area (Å²) >= 11 is 0. The van der Waals surface area contributed by atoms with Crippen LogP contribution in [0.2, 0.25) is 0 Å². The van der Waals surface area contributed by atoms with Gasteiger partial charge in [0.1, 0.15) is 18.1 Å². The van der Waals surface area contributed by atoms with Gasteiger partial charge in [-0.3, -0.25) is 9.78 Å². The Kier molecular flexibility index (Phi) is 4.92. The van der Waals surface area contributed by atoms with Crippen LogP contribution in [0, 0.1) is 6.92 Å². The maximum atomic E-state index is 12.9. The maximum absolute atomic E-state index is 12.9. The lowest BCUT2D eigenvalue weighted by molar-refractivity contribution is -0.169. The molecule has 0 aromatic carbocycles. The lowest BCUT2D eigenvalue weighted by Gasteiger charge is -2.45. The maximum Gasteiger partial charge on any atom is 0.255 e. The summed E-state index contributed by atoms with van der Waals surface area (Å²) in [7, 11) is 0. The van der Waals surface area contributed by atoms with Crippen molar-refractivity contribution >= 4 is 11.6 Å². The molecule has 2 aliphatic rings. The minimum atomic E-state index is -0.612. The standard InChI is InChI=1S/C19H24FN5O2/c1-14-15(3-2-7-21-14)23-17(26)16-13-25-12-8-22-18(25)19(27-16)4-9-24(10-5-19)11-6-20/h2-3,7-8,12,16H,4-6,9-11,13H2,1H3,(H,23,26)/t16-/m1/s1. The highest BCUT2D eigenvalue weighted by Gasteiger charge is 2.47. The smallest absolute Gasteiger partial charge is 0.255 e. The number of piperidine rings is 1. The number of rotatable bonds is 4. The Morgan fingerprint density at radius 3 is 2.93 bits per heavy atom. The number of carbonyl (C=O) groups excluding carboxylic acids is 1. The van der Waals surface area contributed by atoms with E-state index in [2.05, 4.69) is 20.2 Å². The molecule has 0 radical (unpaired) electrons. The number of nitrogens with one attached hydrogen (secondary N) is 1. The van der Waals surface area contributed by atoms with Gasteiger partial charge in [0.2, 0.25) is 0 Å². The number of nitrogens with zero attached hydrogens (tertiary/aromatic N) is 4. The molecule has 0 unspecified atom stereocenters. The number of fused-ring (bicyclic) bond motifs is 2. The highest BCUT2D eigenvalue weighted by molar-refractivity contribution is 5.94. The Bertz CT molecular complexity index is 816. The van der Waals surface area contributed by atoms with Gasteiger partial charge in [0, 0.05) is 38.2 Å². The van der Waals surface area contributed by atoms with Crippen molar-refractivity contribution in [3.05, 3.63) is 42.2 Å². The lowest BCUT2D eigenvalue weighted by atomic mass is 9.88. The van der Waals surface area contributed by atoms with Gasteiger partial charge in [-0.1, -0.05) is 0 Å². The Hall–Kier alpha value is -2.32. The van der Waals surface area contributed by atoms with E-state index >= 15 is 0 Å². The summed E-state index contributed by atoms with van der Waals surface area (Å²) in [5.41, 5.74) is 0.856. The quantitative estimate of drug-likeness (QED) is 0.886. The molecular formula is C19H24FN5O2. The summed E-state index contributed by atoms with van der Waals surface area (Å²) in [6, 6.07) is 3.62. The number of ether oxygens (including phenoxy) is 1. The number of halogens is 1. The number of hydrogen-bond acceptors (Lipinski definition) is 5. The summed E-state index contributed by atoms with van der Waals surface area (Å²) in [4.78, 5) is 23.7. The second-order valence-corrected chi connectivity index (χ2v) is 7.16. The van der Waals surface area contributed by atoms with E-state index in [-0.39, 0.29) is 12.6 Å². The van der Waals surface area contributed by atoms with E-state index in [9.17, 15) is 9.18 Å². The topological polar surface area (TPSA) is 72.3 Å². The van der Waals surface area contributed by atoms with Gasteiger partial charge >= 0.3 is 0 Å². The fraction of sp³-hybridized carbons (Fsp3) is 0.526. The first-order valence-electron chi connectivity index (χ1n) is 9.31. The SMILES string of the molecule is Cc1ncccc1NC(=O)[C@H]1Cn2ccnc2C2(CCN(CCF)CC2)O1. The highest BCUT2D eigenvalue weighted by atomic mass is 19.1. The number of carbonyl (C=O) groups is 1. The molecule has 1 fully saturated rings. The molecule has 1 spiro atoms. The number of amides is 1. The summed E-state index contributed by atoms with van der Waals surface area (Å²) in [5, 5.41) is 2.93. The van der Waals surface area contributed by atoms with Gasteiger partial charge in [-0.25, -0.2) is 9.37 Å². The number of aryl methyl sites for hydroxylation is 1. The van der Waals surface area contributed by atoms with Crippen molar-refractivity contribution in [2.45, 2.75) is 38.0 Å². The Morgan fingerprint density at radius 2 is 2.19 bits per heavy atom. The van der Waals surface area contributed by atoms with Gasteiger partial charge in [-0.2, -0.15) is 0 Å². The van der Waals surface area contributed by atoms with E-state index in [1.807, 2.05) is 23.8 Å². The van der Waals surface area contributed by atoms with E-state index in [0.717, 1.165) is 24.6 Å². The third-order valence-electron chi connectivity index (χ3n) is 5.48. The lowest BCUT2D eigenvalue weighted by Crippen LogP contribution is -2.53. The minimum absolute atomic E-state index is 0.184. The molecule has 1 amide bonds. The van der Waals surface area contributed by atoms with Crippen molar-refractivity contribution in [1.82, 2.24) is 19.4 Å². The first-order valence-corrected chi connectivity index (χ1v) is 9.31. The van der Waals surface area contributed by atoms with Crippen LogP contribution in [0.15, 0.2) is 30.7 Å². The fourth-order valence-electron chi connectivity index (χ4n) is 3.96. The third kappa shape index (κ3) is 3.46. The molecule has 2 aromatic rings. The predicted octanol–water partition coefficient (Wildman–Crippen LogP) is 1.88. The van der Waals surface area contributed by atoms with Crippen molar-refractivity contribution in [3.8, 4) is 0 Å². The van der Waals surface area contributed by atoms with Crippen molar-refractivity contribution in [2.75, 3.05) is 31.6 Å². The molecule has 0 bridgehead atoms. The fourth-order valence-corrected chi connectivity index (χ4v) is 3.96. The second-order valence-electron chi connectivity index (χ2n) is 7.16. The molecule has 8 heteroatoms. The summed E-state index contributed by atoms with van der Waals surface area (Å²) in [6.45, 7) is 3.83. The monoisotopic (exact) mass is 373 g/mol. The molecule has 2 aliphatic heterocycles. The van der Waals surface area contributed by atoms with Crippen LogP contribution < -0.4 is 5.32 Å². The van der Waals surface area contributed by atoms with Crippen molar-refractivity contribution < 1.29 is 13.9 Å². The van der Waals surface area contributed by atoms with Crippen molar-refractivity contribution in [2.24, 2.45) is 0 Å². The summed E-state index contributed by atoms with van der Waals surface area (Å²) in [6.07, 6.45) is 6.11. The largest absolute Gasteiger partial charge is 0.352 e. The van der Waals surface area contributed by atoms with Gasteiger partial charge in [-0.15, -0.1) is 0 Å². The first kappa shape index (κ1) is 18.1. The van der Waals surface area contributed by atoms with Crippen LogP contribution in [0.5, 0.6) is 0 Å². The molecule has 7 nitrogen and oxygen atoms in total. The van der Waals surface area contributed by atoms with Crippen LogP contribution in [-0.2, 0) is 21.7 Å². The summed E-state index contributed by atoms with van der Waals surface area (Å²) in [5.74, 6) is 0.681. The van der Waals surface area contributed by atoms with E-state index in [0.29, 0.717) is 31.6 Å². The van der Waals surface area contributed by atoms with Gasteiger partial charge < -0.3 is 19.5 Å². The average Bonchev–Trinajstić information content (AvgIpc) is 3.15. The number of aromatic nitrogens is 3. The second kappa shape index (κ2) is 7.36. The van der Waals surface area contributed by atoms with Crippen LogP contribution in [0.3, 0.4) is 0 Å². The van der Waals surface area contributed by atoms with Crippen molar-refractivity contribution in [1.29, 1.82) is 0 Å². The van der Waals surface area contributed by atoms with Gasteiger partial charge in [0.05, 0.1) is 17.9 Å². The molecule has 0 aliphatic carbocycles. The normalized spacial score (nSPS) is 21.8. The molecule has 27 heavy (non-hydrogen) atoms. The molecular weight excluding hydrogens is 349 g/mol. The van der Waals surface area contributed by atoms with E-state index in [1.165, 1.54) is 0 Å². The molecule has 2 aromatic heterocycles. The highest BCUT2D eigenvalue weighted by Crippen LogP contribution is 2.40. The van der Waals surface area contributed by atoms with Crippen LogP contribution in [0.1, 0.15) is 24.4 Å². The minimum Gasteiger partial charge on any atom is -0.352 e. The zero-order valence-electron chi connectivity index (χ0n) is 15.4. The number of hydrogen-bond donors (Lipinski definition) is 1. The van der Waals surface area contributed by atoms with Gasteiger partial charge in [0.25, 0.3) is 5.91 Å². The van der Waals surface area contributed by atoms with E-state index in [1.54, 1.807) is 18.5 Å². The van der Waals surface area contributed by atoms with E-state index < -0.39 is 11.7 Å². The van der Waals surface area contributed by atoms with Crippen LogP contribution in [0.25, 0.3) is 0 Å². The Labute approximate surface area is 157 Å². The molecule has 0 saturated carbocycles. The third-order valence-corrected chi connectivity index (χ3v) is 5.48. The molecule has 144 valence electrons. The van der Waals surface area contributed by atoms with E-state index in [4.69, 9.17) is 4.74 Å². The number of imidazole rings is 1. The predicted molar refractivity (Wildman–Crippen MR) is 98.0 cm³/mol. The van der Waals surface area contributed by atoms with Crippen LogP contribution in [0.4, 0.5) is 10.1 Å². The van der Waals surface area contributed by atoms with Crippen LogP contribution in [-0.4, -0.2) is 57.8 Å². The molecule has 1 saturated heterocycles. The first-order chi connectivity index (χ1) is 13.1. The zero-order valence-corrected chi connectivity index (χ0v) is 15.4. The number of pyridine rings is 1. The summed E-state index contributed by atoms with van der Waals surface area (Å²) < 4.78 is 21.0.